The van der Waals surface area contributed by atoms with Crippen molar-refractivity contribution in [2.75, 3.05) is 0 Å². The van der Waals surface area contributed by atoms with Gasteiger partial charge in [0.2, 0.25) is 0 Å². The molecule has 0 unspecified atom stereocenters. The van der Waals surface area contributed by atoms with E-state index in [9.17, 15) is 0 Å². The Morgan fingerprint density at radius 1 is 0.429 bits per heavy atom. The first kappa shape index (κ1) is 41.8. The Hall–Kier alpha value is -3.83. The second-order valence-corrected chi connectivity index (χ2v) is 29.9. The van der Waals surface area contributed by atoms with E-state index in [0.717, 1.165) is 6.42 Å². The highest BCUT2D eigenvalue weighted by molar-refractivity contribution is 6.91. The van der Waals surface area contributed by atoms with Crippen molar-refractivity contribution >= 4 is 70.0 Å². The van der Waals surface area contributed by atoms with Gasteiger partial charge in [0.05, 0.1) is 0 Å². The van der Waals surface area contributed by atoms with Gasteiger partial charge in [-0.05, 0) is 107 Å². The van der Waals surface area contributed by atoms with Crippen LogP contribution in [0.25, 0.3) is 53.9 Å². The van der Waals surface area contributed by atoms with Crippen molar-refractivity contribution in [3.8, 4) is 22.9 Å². The summed E-state index contributed by atoms with van der Waals surface area (Å²) in [5.74, 6) is 8.01. The van der Waals surface area contributed by atoms with Crippen molar-refractivity contribution in [3.05, 3.63) is 95.6 Å². The summed E-state index contributed by atoms with van der Waals surface area (Å²) in [6.07, 6.45) is 6.20. The van der Waals surface area contributed by atoms with Crippen molar-refractivity contribution in [2.45, 2.75) is 155 Å². The molecule has 6 rings (SSSR count). The number of rotatable bonds is 11. The molecule has 0 aromatic heterocycles. The molecule has 0 saturated heterocycles. The molecule has 0 spiro atoms. The Bertz CT molecular complexity index is 2460. The van der Waals surface area contributed by atoms with Gasteiger partial charge >= 0.3 is 0 Å². The van der Waals surface area contributed by atoms with E-state index < -0.39 is 16.1 Å². The predicted molar refractivity (Wildman–Crippen MR) is 258 cm³/mol. The highest BCUT2D eigenvalue weighted by Gasteiger charge is 2.42. The summed E-state index contributed by atoms with van der Waals surface area (Å²) in [5.41, 5.74) is 15.5. The highest BCUT2D eigenvalue weighted by atomic mass is 28.3. The van der Waals surface area contributed by atoms with Gasteiger partial charge in [-0.2, -0.15) is 0 Å². The summed E-state index contributed by atoms with van der Waals surface area (Å²) in [6, 6.07) is 30.4. The average Bonchev–Trinajstić information content (AvgIpc) is 3.15. The zero-order valence-electron chi connectivity index (χ0n) is 37.0. The molecular weight excluding hydrogens is 705 g/mol. The molecule has 0 aliphatic heterocycles. The zero-order valence-corrected chi connectivity index (χ0v) is 39.0. The maximum Gasteiger partial charge on any atom is 0.146 e. The van der Waals surface area contributed by atoms with Gasteiger partial charge in [-0.25, -0.2) is 0 Å². The van der Waals surface area contributed by atoms with E-state index in [-0.39, 0.29) is 0 Å². The molecule has 56 heavy (non-hydrogen) atoms. The van der Waals surface area contributed by atoms with Crippen LogP contribution in [0.4, 0.5) is 0 Å². The van der Waals surface area contributed by atoms with Crippen molar-refractivity contribution in [1.29, 1.82) is 0 Å². The summed E-state index contributed by atoms with van der Waals surface area (Å²) in [5, 5.41) is 13.0. The van der Waals surface area contributed by atoms with Gasteiger partial charge in [0.1, 0.15) is 16.1 Å². The molecule has 0 nitrogen and oxygen atoms in total. The third-order valence-electron chi connectivity index (χ3n) is 13.9. The Morgan fingerprint density at radius 3 is 1.39 bits per heavy atom. The molecular formula is C54H68Si2. The number of hydrogen-bond acceptors (Lipinski definition) is 0. The molecule has 0 bridgehead atoms. The first-order chi connectivity index (χ1) is 26.7. The molecule has 0 atom stereocenters. The Morgan fingerprint density at radius 2 is 0.875 bits per heavy atom. The molecule has 292 valence electrons. The molecule has 0 N–H and O–H groups in total. The highest BCUT2D eigenvalue weighted by Crippen LogP contribution is 2.44. The maximum atomic E-state index is 4.16. The smallest absolute Gasteiger partial charge is 0.125 e. The third kappa shape index (κ3) is 7.27. The van der Waals surface area contributed by atoms with Crippen LogP contribution in [0, 0.1) is 22.9 Å². The topological polar surface area (TPSA) is 0 Å². The standard InChI is InChI=1S/C54H68Si2/c1-14-15-16-17-21-42-23-20-25-48-46(42)28-29-50-52-34-44(30-32-55(36(2)3,37(4)5)38(6)7)53-47-24-19-18-22-43(47)26-27-49(53)51(52)35-45(54(48)50)31-33-56(39(8)9,40(10)11)41(12)13/h18-20,22-29,34-41H,14-17,21H2,1-13H3. The Kier molecular flexibility index (Phi) is 12.7. The minimum absolute atomic E-state index is 0.569. The second-order valence-electron chi connectivity index (χ2n) is 18.8. The number of unbranched alkanes of at least 4 members (excludes halogenated alkanes) is 3. The van der Waals surface area contributed by atoms with E-state index in [0.29, 0.717) is 33.2 Å². The van der Waals surface area contributed by atoms with Crippen LogP contribution < -0.4 is 0 Å². The van der Waals surface area contributed by atoms with Crippen LogP contribution in [-0.2, 0) is 6.42 Å². The molecule has 0 saturated carbocycles. The summed E-state index contributed by atoms with van der Waals surface area (Å²) < 4.78 is 0. The van der Waals surface area contributed by atoms with E-state index in [1.165, 1.54) is 96.2 Å². The maximum absolute atomic E-state index is 4.16. The lowest BCUT2D eigenvalue weighted by molar-refractivity contribution is 0.668. The van der Waals surface area contributed by atoms with Crippen LogP contribution >= 0.6 is 0 Å². The fourth-order valence-electron chi connectivity index (χ4n) is 11.1. The van der Waals surface area contributed by atoms with Crippen LogP contribution in [0.15, 0.2) is 78.9 Å². The minimum Gasteiger partial charge on any atom is -0.125 e. The normalized spacial score (nSPS) is 12.7. The Labute approximate surface area is 342 Å². The lowest BCUT2D eigenvalue weighted by Crippen LogP contribution is -2.43. The second kappa shape index (κ2) is 17.0. The molecule has 6 aromatic rings. The molecule has 0 fully saturated rings. The van der Waals surface area contributed by atoms with Crippen molar-refractivity contribution in [1.82, 2.24) is 0 Å². The summed E-state index contributed by atoms with van der Waals surface area (Å²) >= 11 is 0. The van der Waals surface area contributed by atoms with Crippen LogP contribution in [-0.4, -0.2) is 16.1 Å². The number of hydrogen-bond donors (Lipinski definition) is 0. The van der Waals surface area contributed by atoms with Crippen LogP contribution in [0.2, 0.25) is 33.2 Å². The monoisotopic (exact) mass is 772 g/mol. The van der Waals surface area contributed by atoms with Crippen molar-refractivity contribution in [3.63, 3.8) is 0 Å². The molecule has 2 heteroatoms. The van der Waals surface area contributed by atoms with E-state index in [1.807, 2.05) is 0 Å². The van der Waals surface area contributed by atoms with Crippen molar-refractivity contribution < 1.29 is 0 Å². The average molecular weight is 773 g/mol. The first-order valence-electron chi connectivity index (χ1n) is 22.0. The SMILES string of the molecule is CCCCCCc1cccc2c1ccc1c3cc(C#C[Si](C(C)C)(C(C)C)C(C)C)c4c5ccccc5ccc4c3cc(C#C[Si](C(C)C)(C(C)C)C(C)C)c21. The molecule has 6 aromatic carbocycles. The van der Waals surface area contributed by atoms with Crippen LogP contribution in [0.1, 0.15) is 132 Å². The van der Waals surface area contributed by atoms with E-state index in [1.54, 1.807) is 0 Å². The van der Waals surface area contributed by atoms with E-state index >= 15 is 0 Å². The fourth-order valence-corrected chi connectivity index (χ4v) is 21.6. The summed E-state index contributed by atoms with van der Waals surface area (Å²) in [7, 11) is -3.99. The number of benzene rings is 6. The van der Waals surface area contributed by atoms with Gasteiger partial charge in [-0.3, -0.25) is 0 Å². The molecule has 0 amide bonds. The lowest BCUT2D eigenvalue weighted by atomic mass is 9.87. The zero-order chi connectivity index (χ0) is 40.5. The quantitative estimate of drug-likeness (QED) is 0.0532. The van der Waals surface area contributed by atoms with E-state index in [2.05, 4.69) is 192 Å². The molecule has 0 aliphatic carbocycles. The van der Waals surface area contributed by atoms with Crippen LogP contribution in [0.3, 0.4) is 0 Å². The fraction of sp³-hybridized carbons (Fsp3) is 0.444. The molecule has 0 heterocycles. The predicted octanol–water partition coefficient (Wildman–Crippen LogP) is 16.7. The van der Waals surface area contributed by atoms with Crippen LogP contribution in [0.5, 0.6) is 0 Å². The number of fused-ring (bicyclic) bond motifs is 9. The summed E-state index contributed by atoms with van der Waals surface area (Å²) in [4.78, 5) is 0. The van der Waals surface area contributed by atoms with Crippen molar-refractivity contribution in [2.24, 2.45) is 0 Å². The third-order valence-corrected chi connectivity index (χ3v) is 26.5. The van der Waals surface area contributed by atoms with Gasteiger partial charge < -0.3 is 0 Å². The van der Waals surface area contributed by atoms with Gasteiger partial charge in [0.25, 0.3) is 0 Å². The lowest BCUT2D eigenvalue weighted by Gasteiger charge is -2.38. The summed E-state index contributed by atoms with van der Waals surface area (Å²) in [6.45, 7) is 31.4. The number of aryl methyl sites for hydroxylation is 1. The van der Waals surface area contributed by atoms with Gasteiger partial charge in [0, 0.05) is 21.9 Å². The van der Waals surface area contributed by atoms with Gasteiger partial charge in [-0.1, -0.05) is 188 Å². The minimum atomic E-state index is -2.00. The first-order valence-corrected chi connectivity index (χ1v) is 26.5. The Balaban J connectivity index is 1.79. The largest absolute Gasteiger partial charge is 0.146 e. The van der Waals surface area contributed by atoms with Gasteiger partial charge in [0.15, 0.2) is 0 Å². The molecule has 0 aliphatic rings. The van der Waals surface area contributed by atoms with E-state index in [4.69, 9.17) is 0 Å². The van der Waals surface area contributed by atoms with Gasteiger partial charge in [-0.15, -0.1) is 11.1 Å². The molecule has 0 radical (unpaired) electrons.